The molecule has 2 aromatic carbocycles. The molecule has 0 aliphatic heterocycles. The van der Waals surface area contributed by atoms with Crippen LogP contribution in [0.1, 0.15) is 43.7 Å². The normalized spacial score (nSPS) is 12.5. The zero-order valence-electron chi connectivity index (χ0n) is 24.3. The first-order valence-electron chi connectivity index (χ1n) is 13.4. The first-order valence-corrected chi connectivity index (χ1v) is 14.6. The molecule has 0 aliphatic carbocycles. The van der Waals surface area contributed by atoms with Crippen molar-refractivity contribution < 1.29 is 14.6 Å². The SMILES string of the molecule is Cc1cc2nc(-c3ccnc(-c4ccc(N(C)N)c(C)n4)c3)sc2c(-c2ccc(Cl)cc2)c1C(OC(C)(C)C)C(=O)O. The van der Waals surface area contributed by atoms with E-state index in [4.69, 9.17) is 32.1 Å². The molecule has 0 spiro atoms. The summed E-state index contributed by atoms with van der Waals surface area (Å²) in [5.74, 6) is 4.86. The van der Waals surface area contributed by atoms with E-state index in [9.17, 15) is 9.90 Å². The molecule has 10 heteroatoms. The van der Waals surface area contributed by atoms with Crippen LogP contribution < -0.4 is 10.9 Å². The second kappa shape index (κ2) is 11.4. The predicted molar refractivity (Wildman–Crippen MR) is 170 cm³/mol. The number of hydrogen-bond acceptors (Lipinski definition) is 8. The summed E-state index contributed by atoms with van der Waals surface area (Å²) in [6, 6.07) is 17.0. The number of aryl methyl sites for hydroxylation is 2. The van der Waals surface area contributed by atoms with E-state index >= 15 is 0 Å². The molecule has 0 amide bonds. The Kier molecular flexibility index (Phi) is 8.04. The highest BCUT2D eigenvalue weighted by molar-refractivity contribution is 7.22. The van der Waals surface area contributed by atoms with Crippen LogP contribution in [-0.4, -0.2) is 38.7 Å². The number of hydrogen-bond donors (Lipinski definition) is 2. The van der Waals surface area contributed by atoms with Crippen molar-refractivity contribution in [3.05, 3.63) is 82.6 Å². The van der Waals surface area contributed by atoms with Gasteiger partial charge in [0.25, 0.3) is 0 Å². The summed E-state index contributed by atoms with van der Waals surface area (Å²) < 4.78 is 6.98. The number of ether oxygens (including phenoxy) is 1. The molecule has 0 bridgehead atoms. The molecule has 0 saturated carbocycles. The van der Waals surface area contributed by atoms with Crippen molar-refractivity contribution in [3.63, 3.8) is 0 Å². The van der Waals surface area contributed by atoms with Gasteiger partial charge in [-0.1, -0.05) is 23.7 Å². The lowest BCUT2D eigenvalue weighted by Gasteiger charge is -2.28. The van der Waals surface area contributed by atoms with Crippen LogP contribution >= 0.6 is 22.9 Å². The van der Waals surface area contributed by atoms with Crippen molar-refractivity contribution in [2.45, 2.75) is 46.3 Å². The Hall–Kier alpha value is -3.89. The Morgan fingerprint density at radius 2 is 1.74 bits per heavy atom. The number of thiazole rings is 1. The van der Waals surface area contributed by atoms with Gasteiger partial charge < -0.3 is 14.9 Å². The van der Waals surface area contributed by atoms with Crippen LogP contribution in [0.2, 0.25) is 5.02 Å². The van der Waals surface area contributed by atoms with Gasteiger partial charge in [0, 0.05) is 35.0 Å². The molecule has 8 nitrogen and oxygen atoms in total. The van der Waals surface area contributed by atoms with Gasteiger partial charge in [-0.25, -0.2) is 20.6 Å². The maximum Gasteiger partial charge on any atom is 0.337 e. The number of carbonyl (C=O) groups is 1. The third-order valence-electron chi connectivity index (χ3n) is 6.73. The van der Waals surface area contributed by atoms with Gasteiger partial charge in [0.2, 0.25) is 0 Å². The van der Waals surface area contributed by atoms with E-state index in [0.29, 0.717) is 16.3 Å². The summed E-state index contributed by atoms with van der Waals surface area (Å²) in [5, 5.41) is 13.2. The van der Waals surface area contributed by atoms with E-state index in [-0.39, 0.29) is 0 Å². The fourth-order valence-corrected chi connectivity index (χ4v) is 6.18. The number of benzene rings is 2. The number of carboxylic acid groups (broad SMARTS) is 1. The van der Waals surface area contributed by atoms with Crippen molar-refractivity contribution in [3.8, 4) is 33.1 Å². The lowest BCUT2D eigenvalue weighted by atomic mass is 9.91. The number of aliphatic carboxylic acids is 1. The molecule has 1 unspecified atom stereocenters. The Labute approximate surface area is 253 Å². The van der Waals surface area contributed by atoms with Crippen LogP contribution in [0.5, 0.6) is 0 Å². The second-order valence-electron chi connectivity index (χ2n) is 11.1. The maximum atomic E-state index is 12.6. The molecule has 1 atom stereocenters. The van der Waals surface area contributed by atoms with Crippen LogP contribution in [-0.2, 0) is 9.53 Å². The average molecular weight is 602 g/mol. The van der Waals surface area contributed by atoms with E-state index in [1.165, 1.54) is 16.3 Å². The number of halogens is 1. The quantitative estimate of drug-likeness (QED) is 0.145. The molecule has 5 rings (SSSR count). The number of carboxylic acids is 1. The lowest BCUT2D eigenvalue weighted by Crippen LogP contribution is -2.28. The molecular formula is C32H32ClN5O3S. The van der Waals surface area contributed by atoms with E-state index < -0.39 is 17.7 Å². The fourth-order valence-electron chi connectivity index (χ4n) is 4.93. The second-order valence-corrected chi connectivity index (χ2v) is 12.6. The topological polar surface area (TPSA) is 114 Å². The summed E-state index contributed by atoms with van der Waals surface area (Å²) in [6.07, 6.45) is 0.563. The van der Waals surface area contributed by atoms with Gasteiger partial charge in [-0.3, -0.25) is 4.98 Å². The van der Waals surface area contributed by atoms with E-state index in [2.05, 4.69) is 4.98 Å². The van der Waals surface area contributed by atoms with Crippen LogP contribution in [0.15, 0.2) is 60.8 Å². The third kappa shape index (κ3) is 6.00. The minimum absolute atomic E-state index is 0.592. The number of nitrogens with zero attached hydrogens (tertiary/aromatic N) is 4. The highest BCUT2D eigenvalue weighted by Gasteiger charge is 2.32. The van der Waals surface area contributed by atoms with Crippen LogP contribution in [0.25, 0.3) is 43.3 Å². The smallest absolute Gasteiger partial charge is 0.337 e. The molecule has 5 aromatic rings. The van der Waals surface area contributed by atoms with E-state index in [1.54, 1.807) is 25.4 Å². The lowest BCUT2D eigenvalue weighted by molar-refractivity contribution is -0.160. The molecule has 0 radical (unpaired) electrons. The number of pyridine rings is 2. The summed E-state index contributed by atoms with van der Waals surface area (Å²) in [7, 11) is 1.77. The van der Waals surface area contributed by atoms with Gasteiger partial charge in [0.1, 0.15) is 5.01 Å². The zero-order valence-corrected chi connectivity index (χ0v) is 25.8. The number of anilines is 1. The number of aromatic nitrogens is 3. The Morgan fingerprint density at radius 3 is 2.36 bits per heavy atom. The monoisotopic (exact) mass is 601 g/mol. The summed E-state index contributed by atoms with van der Waals surface area (Å²) in [4.78, 5) is 26.9. The van der Waals surface area contributed by atoms with Crippen LogP contribution in [0.3, 0.4) is 0 Å². The van der Waals surface area contributed by atoms with Crippen molar-refractivity contribution >= 4 is 44.8 Å². The Balaban J connectivity index is 1.69. The summed E-state index contributed by atoms with van der Waals surface area (Å²) >= 11 is 7.72. The molecule has 3 N–H and O–H groups in total. The molecule has 0 fully saturated rings. The van der Waals surface area contributed by atoms with Gasteiger partial charge >= 0.3 is 5.97 Å². The Bertz CT molecular complexity index is 1800. The largest absolute Gasteiger partial charge is 0.479 e. The summed E-state index contributed by atoms with van der Waals surface area (Å²) in [6.45, 7) is 9.36. The van der Waals surface area contributed by atoms with Crippen molar-refractivity contribution in [1.82, 2.24) is 15.0 Å². The van der Waals surface area contributed by atoms with Crippen LogP contribution in [0.4, 0.5) is 5.69 Å². The predicted octanol–water partition coefficient (Wildman–Crippen LogP) is 7.61. The minimum atomic E-state index is -1.18. The number of fused-ring (bicyclic) bond motifs is 1. The number of nitrogens with two attached hydrogens (primary N) is 1. The standard InChI is InChI=1S/C32H32ClN5O3S/c1-17-15-24-29(27(19-7-9-21(33)10-8-19)26(17)28(31(39)40)41-32(3,4)5)42-30(37-24)20-13-14-35-23(16-20)22-11-12-25(38(6)34)18(2)36-22/h7-16,28H,34H2,1-6H3,(H,39,40). The Morgan fingerprint density at radius 1 is 1.02 bits per heavy atom. The first kappa shape index (κ1) is 29.6. The van der Waals surface area contributed by atoms with Gasteiger partial charge in [-0.2, -0.15) is 0 Å². The average Bonchev–Trinajstić information content (AvgIpc) is 3.34. The molecule has 3 aromatic heterocycles. The zero-order chi connectivity index (χ0) is 30.3. The molecule has 3 heterocycles. The van der Waals surface area contributed by atoms with Gasteiger partial charge in [0.05, 0.1) is 38.6 Å². The molecular weight excluding hydrogens is 570 g/mol. The van der Waals surface area contributed by atoms with Crippen molar-refractivity contribution in [2.24, 2.45) is 5.84 Å². The molecule has 0 saturated heterocycles. The first-order chi connectivity index (χ1) is 19.8. The fraction of sp³-hybridized carbons (Fsp3) is 0.250. The van der Waals surface area contributed by atoms with Crippen LogP contribution in [0, 0.1) is 13.8 Å². The highest BCUT2D eigenvalue weighted by atomic mass is 35.5. The third-order valence-corrected chi connectivity index (χ3v) is 8.12. The van der Waals surface area contributed by atoms with Gasteiger partial charge in [0.15, 0.2) is 6.10 Å². The van der Waals surface area contributed by atoms with E-state index in [0.717, 1.165) is 54.6 Å². The van der Waals surface area contributed by atoms with Crippen molar-refractivity contribution in [2.75, 3.05) is 12.1 Å². The summed E-state index contributed by atoms with van der Waals surface area (Å²) in [5.41, 5.74) is 7.01. The van der Waals surface area contributed by atoms with Gasteiger partial charge in [-0.05, 0) is 88.2 Å². The number of rotatable bonds is 7. The highest BCUT2D eigenvalue weighted by Crippen LogP contribution is 2.44. The maximum absolute atomic E-state index is 12.6. The number of hydrazine groups is 1. The minimum Gasteiger partial charge on any atom is -0.479 e. The molecule has 42 heavy (non-hydrogen) atoms. The molecule has 216 valence electrons. The van der Waals surface area contributed by atoms with E-state index in [1.807, 2.05) is 77.1 Å². The molecule has 0 aliphatic rings. The van der Waals surface area contributed by atoms with Crippen molar-refractivity contribution in [1.29, 1.82) is 0 Å². The van der Waals surface area contributed by atoms with Gasteiger partial charge in [-0.15, -0.1) is 11.3 Å².